The van der Waals surface area contributed by atoms with Gasteiger partial charge >= 0.3 is 0 Å². The summed E-state index contributed by atoms with van der Waals surface area (Å²) in [5.41, 5.74) is 2.82. The van der Waals surface area contributed by atoms with E-state index in [2.05, 4.69) is 18.2 Å². The molecule has 0 saturated carbocycles. The molecule has 0 heteroatoms. The fourth-order valence-corrected chi connectivity index (χ4v) is 1.14. The van der Waals surface area contributed by atoms with E-state index in [1.165, 1.54) is 24.0 Å². The lowest BCUT2D eigenvalue weighted by Gasteiger charge is -2.13. The minimum absolute atomic E-state index is 1.25. The number of benzene rings is 1. The Morgan fingerprint density at radius 2 is 2.30 bits per heavy atom. The normalized spacial score (nSPS) is 15.8. The predicted octanol–water partition coefficient (Wildman–Crippen LogP) is 2.66. The van der Waals surface area contributed by atoms with Gasteiger partial charge in [0.25, 0.3) is 0 Å². The second-order valence-electron chi connectivity index (χ2n) is 2.56. The van der Waals surface area contributed by atoms with Crippen molar-refractivity contribution in [3.63, 3.8) is 0 Å². The number of hydrogen-bond donors (Lipinski definition) is 0. The van der Waals surface area contributed by atoms with Gasteiger partial charge in [-0.2, -0.15) is 0 Å². The molecule has 0 N–H and O–H groups in total. The Kier molecular flexibility index (Phi) is 1.31. The lowest BCUT2D eigenvalue weighted by molar-refractivity contribution is 0.988. The molecule has 0 aromatic heterocycles. The van der Waals surface area contributed by atoms with E-state index in [1.54, 1.807) is 0 Å². The van der Waals surface area contributed by atoms with Crippen molar-refractivity contribution in [1.29, 1.82) is 0 Å². The molecule has 0 heterocycles. The highest BCUT2D eigenvalue weighted by Gasteiger charge is 2.06. The highest BCUT2D eigenvalue weighted by atomic mass is 14.1. The average molecular weight is 129 g/mol. The van der Waals surface area contributed by atoms with Crippen LogP contribution in [0.1, 0.15) is 18.4 Å². The summed E-state index contributed by atoms with van der Waals surface area (Å²) in [6.45, 7) is 0. The van der Waals surface area contributed by atoms with Crippen molar-refractivity contribution >= 4 is 5.57 Å². The fraction of sp³-hybridized carbons (Fsp3) is 0.200. The second kappa shape index (κ2) is 2.30. The van der Waals surface area contributed by atoms with Crippen molar-refractivity contribution in [1.82, 2.24) is 0 Å². The number of allylic oxidation sites excluding steroid dienone is 2. The summed E-state index contributed by atoms with van der Waals surface area (Å²) in [6, 6.07) is 11.2. The molecule has 1 aliphatic carbocycles. The number of hydrogen-bond acceptors (Lipinski definition) is 0. The predicted molar refractivity (Wildman–Crippen MR) is 42.5 cm³/mol. The quantitative estimate of drug-likeness (QED) is 0.546. The van der Waals surface area contributed by atoms with Gasteiger partial charge in [-0.3, -0.25) is 0 Å². The maximum absolute atomic E-state index is 3.07. The molecule has 0 saturated heterocycles. The fourth-order valence-electron chi connectivity index (χ4n) is 1.14. The molecular weight excluding hydrogens is 120 g/mol. The molecular formula is C10H9. The zero-order chi connectivity index (χ0) is 6.81. The Labute approximate surface area is 61.2 Å². The van der Waals surface area contributed by atoms with E-state index in [4.69, 9.17) is 0 Å². The van der Waals surface area contributed by atoms with E-state index in [1.807, 2.05) is 18.2 Å². The van der Waals surface area contributed by atoms with Crippen molar-refractivity contribution in [2.45, 2.75) is 12.8 Å². The van der Waals surface area contributed by atoms with Crippen LogP contribution in [0, 0.1) is 6.07 Å². The molecule has 0 bridgehead atoms. The van der Waals surface area contributed by atoms with Crippen LogP contribution >= 0.6 is 0 Å². The van der Waals surface area contributed by atoms with Crippen LogP contribution in [0.25, 0.3) is 5.57 Å². The lowest BCUT2D eigenvalue weighted by Crippen LogP contribution is -1.91. The van der Waals surface area contributed by atoms with Crippen LogP contribution in [-0.4, -0.2) is 0 Å². The van der Waals surface area contributed by atoms with Gasteiger partial charge in [0.15, 0.2) is 0 Å². The molecule has 0 aliphatic heterocycles. The van der Waals surface area contributed by atoms with E-state index >= 15 is 0 Å². The van der Waals surface area contributed by atoms with Crippen LogP contribution in [0.2, 0.25) is 0 Å². The highest BCUT2D eigenvalue weighted by molar-refractivity contribution is 5.69. The molecule has 10 heavy (non-hydrogen) atoms. The van der Waals surface area contributed by atoms with Crippen molar-refractivity contribution in [3.05, 3.63) is 42.0 Å². The van der Waals surface area contributed by atoms with Crippen LogP contribution in [0.4, 0.5) is 0 Å². The molecule has 1 aliphatic rings. The monoisotopic (exact) mass is 129 g/mol. The van der Waals surface area contributed by atoms with Gasteiger partial charge in [-0.05, 0) is 36.1 Å². The van der Waals surface area contributed by atoms with Crippen LogP contribution in [-0.2, 0) is 0 Å². The van der Waals surface area contributed by atoms with Gasteiger partial charge in [0.1, 0.15) is 0 Å². The Bertz CT molecular complexity index is 244. The first-order chi connectivity index (χ1) is 4.97. The van der Waals surface area contributed by atoms with E-state index in [-0.39, 0.29) is 0 Å². The highest BCUT2D eigenvalue weighted by Crippen LogP contribution is 2.27. The zero-order valence-electron chi connectivity index (χ0n) is 5.80. The van der Waals surface area contributed by atoms with Gasteiger partial charge < -0.3 is 0 Å². The first-order valence-electron chi connectivity index (χ1n) is 3.62. The summed E-state index contributed by atoms with van der Waals surface area (Å²) in [6.07, 6.45) is 4.78. The Morgan fingerprint density at radius 3 is 2.80 bits per heavy atom. The Hall–Kier alpha value is -1.04. The van der Waals surface area contributed by atoms with Gasteiger partial charge in [-0.1, -0.05) is 24.3 Å². The molecule has 0 amide bonds. The minimum Gasteiger partial charge on any atom is -0.0804 e. The average Bonchev–Trinajstić information content (AvgIpc) is 1.86. The molecule has 1 aromatic carbocycles. The molecule has 0 spiro atoms. The van der Waals surface area contributed by atoms with Gasteiger partial charge in [0, 0.05) is 0 Å². The van der Waals surface area contributed by atoms with Crippen molar-refractivity contribution < 1.29 is 0 Å². The maximum Gasteiger partial charge on any atom is -0.0178 e. The summed E-state index contributed by atoms with van der Waals surface area (Å²) in [4.78, 5) is 0. The van der Waals surface area contributed by atoms with Gasteiger partial charge in [-0.15, -0.1) is 0 Å². The van der Waals surface area contributed by atoms with Crippen molar-refractivity contribution in [2.75, 3.05) is 0 Å². The third-order valence-electron chi connectivity index (χ3n) is 1.88. The summed E-state index contributed by atoms with van der Waals surface area (Å²) < 4.78 is 0. The summed E-state index contributed by atoms with van der Waals surface area (Å²) in [7, 11) is 0. The van der Waals surface area contributed by atoms with E-state index in [9.17, 15) is 0 Å². The Balaban J connectivity index is 2.34. The largest absolute Gasteiger partial charge is 0.0804 e. The molecule has 2 rings (SSSR count). The van der Waals surface area contributed by atoms with Crippen LogP contribution in [0.5, 0.6) is 0 Å². The summed E-state index contributed by atoms with van der Waals surface area (Å²) >= 11 is 0. The molecule has 0 atom stereocenters. The first kappa shape index (κ1) is 5.72. The smallest absolute Gasteiger partial charge is 0.0178 e. The molecule has 0 unspecified atom stereocenters. The summed E-state index contributed by atoms with van der Waals surface area (Å²) in [5, 5.41) is 0. The van der Waals surface area contributed by atoms with Crippen molar-refractivity contribution in [3.8, 4) is 0 Å². The standard InChI is InChI=1S/C10H9/c1-2-5-9(6-3-1)10-7-4-8-10/h1-2,5-7H,4,8H2. The topological polar surface area (TPSA) is 0 Å². The maximum atomic E-state index is 3.07. The third kappa shape index (κ3) is 0.860. The minimum atomic E-state index is 1.25. The lowest BCUT2D eigenvalue weighted by atomic mass is 9.92. The van der Waals surface area contributed by atoms with Gasteiger partial charge in [0.2, 0.25) is 0 Å². The summed E-state index contributed by atoms with van der Waals surface area (Å²) in [5.74, 6) is 0. The van der Waals surface area contributed by atoms with Crippen LogP contribution < -0.4 is 0 Å². The molecule has 1 radical (unpaired) electrons. The molecule has 0 nitrogen and oxygen atoms in total. The van der Waals surface area contributed by atoms with E-state index < -0.39 is 0 Å². The van der Waals surface area contributed by atoms with E-state index in [0.29, 0.717) is 0 Å². The van der Waals surface area contributed by atoms with Crippen LogP contribution in [0.15, 0.2) is 30.3 Å². The number of rotatable bonds is 1. The Morgan fingerprint density at radius 1 is 1.40 bits per heavy atom. The van der Waals surface area contributed by atoms with Gasteiger partial charge in [-0.25, -0.2) is 0 Å². The van der Waals surface area contributed by atoms with Crippen LogP contribution in [0.3, 0.4) is 0 Å². The SMILES string of the molecule is [c]1cccc(C2=CCC2)c1. The van der Waals surface area contributed by atoms with Gasteiger partial charge in [0.05, 0.1) is 0 Å². The first-order valence-corrected chi connectivity index (χ1v) is 3.62. The second-order valence-corrected chi connectivity index (χ2v) is 2.56. The third-order valence-corrected chi connectivity index (χ3v) is 1.88. The van der Waals surface area contributed by atoms with Crippen molar-refractivity contribution in [2.24, 2.45) is 0 Å². The van der Waals surface area contributed by atoms with E-state index in [0.717, 1.165) is 0 Å². The molecule has 0 fully saturated rings. The zero-order valence-corrected chi connectivity index (χ0v) is 5.80. The molecule has 49 valence electrons. The molecule has 1 aromatic rings.